The summed E-state index contributed by atoms with van der Waals surface area (Å²) in [6, 6.07) is 3.53. The van der Waals surface area contributed by atoms with Crippen LogP contribution in [0, 0.1) is 0 Å². The Morgan fingerprint density at radius 2 is 1.90 bits per heavy atom. The van der Waals surface area contributed by atoms with E-state index in [4.69, 9.17) is 4.74 Å². The van der Waals surface area contributed by atoms with Gasteiger partial charge in [-0.05, 0) is 18.2 Å². The fraction of sp³-hybridized carbons (Fsp3) is 0.412. The number of aromatic nitrogens is 2. The molecule has 1 N–H and O–H groups in total. The summed E-state index contributed by atoms with van der Waals surface area (Å²) in [6.07, 6.45) is -3.35. The molecule has 158 valence electrons. The van der Waals surface area contributed by atoms with E-state index in [-0.39, 0.29) is 11.5 Å². The molecule has 1 saturated heterocycles. The van der Waals surface area contributed by atoms with Crippen molar-refractivity contribution in [1.29, 1.82) is 0 Å². The van der Waals surface area contributed by atoms with Gasteiger partial charge in [0.25, 0.3) is 10.0 Å². The molecule has 1 aliphatic rings. The van der Waals surface area contributed by atoms with Crippen molar-refractivity contribution in [2.45, 2.75) is 11.1 Å². The van der Waals surface area contributed by atoms with Crippen LogP contribution >= 0.6 is 0 Å². The van der Waals surface area contributed by atoms with Crippen LogP contribution in [0.25, 0.3) is 0 Å². The average Bonchev–Trinajstić information content (AvgIpc) is 2.68. The van der Waals surface area contributed by atoms with E-state index in [9.17, 15) is 21.6 Å². The number of nitrogens with one attached hydrogen (secondary N) is 1. The molecule has 0 bridgehead atoms. The Labute approximate surface area is 166 Å². The highest BCUT2D eigenvalue weighted by Crippen LogP contribution is 2.32. The molecule has 1 aromatic heterocycles. The molecule has 2 aromatic rings. The molecule has 0 radical (unpaired) electrons. The zero-order chi connectivity index (χ0) is 21.2. The average molecular weight is 431 g/mol. The number of halogens is 3. The van der Waals surface area contributed by atoms with E-state index in [0.717, 1.165) is 18.2 Å². The molecule has 12 heteroatoms. The normalized spacial score (nSPS) is 15.3. The fourth-order valence-electron chi connectivity index (χ4n) is 2.74. The summed E-state index contributed by atoms with van der Waals surface area (Å²) in [5.74, 6) is 0.705. The van der Waals surface area contributed by atoms with E-state index in [1.807, 2.05) is 4.90 Å². The van der Waals surface area contributed by atoms with Crippen LogP contribution in [-0.4, -0.2) is 58.8 Å². The number of benzene rings is 1. The maximum Gasteiger partial charge on any atom is 0.416 e. The van der Waals surface area contributed by atoms with E-state index < -0.39 is 26.7 Å². The van der Waals surface area contributed by atoms with Gasteiger partial charge in [0.05, 0.1) is 29.9 Å². The minimum absolute atomic E-state index is 0.0596. The predicted molar refractivity (Wildman–Crippen MR) is 102 cm³/mol. The Balaban J connectivity index is 1.92. The smallest absolute Gasteiger partial charge is 0.378 e. The number of morpholine rings is 1. The van der Waals surface area contributed by atoms with Crippen molar-refractivity contribution < 1.29 is 26.3 Å². The molecule has 2 heterocycles. The van der Waals surface area contributed by atoms with Gasteiger partial charge in [0, 0.05) is 27.2 Å². The van der Waals surface area contributed by atoms with E-state index >= 15 is 0 Å². The number of alkyl halides is 3. The number of anilines is 3. The first-order valence-corrected chi connectivity index (χ1v) is 10.1. The van der Waals surface area contributed by atoms with Crippen LogP contribution in [0.5, 0.6) is 0 Å². The topological polar surface area (TPSA) is 87.7 Å². The van der Waals surface area contributed by atoms with Gasteiger partial charge in [0.1, 0.15) is 5.69 Å². The number of hydrogen-bond donors (Lipinski definition) is 1. The molecule has 1 aromatic carbocycles. The SMILES string of the molecule is CN(C)c1nc(N2CCOCC2)ncc1NS(=O)(=O)c1cccc(C(F)(F)F)c1. The summed E-state index contributed by atoms with van der Waals surface area (Å²) >= 11 is 0. The van der Waals surface area contributed by atoms with Crippen molar-refractivity contribution in [3.8, 4) is 0 Å². The van der Waals surface area contributed by atoms with Crippen LogP contribution in [0.4, 0.5) is 30.6 Å². The second kappa shape index (κ2) is 8.03. The summed E-state index contributed by atoms with van der Waals surface area (Å²) in [6.45, 7) is 2.26. The first kappa shape index (κ1) is 21.1. The highest BCUT2D eigenvalue weighted by Gasteiger charge is 2.32. The van der Waals surface area contributed by atoms with E-state index in [2.05, 4.69) is 14.7 Å². The molecule has 1 aliphatic heterocycles. The summed E-state index contributed by atoms with van der Waals surface area (Å²) in [5, 5.41) is 0. The highest BCUT2D eigenvalue weighted by molar-refractivity contribution is 7.92. The summed E-state index contributed by atoms with van der Waals surface area (Å²) in [4.78, 5) is 11.6. The van der Waals surface area contributed by atoms with Gasteiger partial charge in [-0.15, -0.1) is 0 Å². The van der Waals surface area contributed by atoms with Gasteiger partial charge in [-0.25, -0.2) is 13.4 Å². The number of hydrogen-bond acceptors (Lipinski definition) is 7. The van der Waals surface area contributed by atoms with Crippen molar-refractivity contribution >= 4 is 27.5 Å². The maximum absolute atomic E-state index is 12.9. The van der Waals surface area contributed by atoms with Gasteiger partial charge in [0.15, 0.2) is 5.82 Å². The quantitative estimate of drug-likeness (QED) is 0.777. The first-order valence-electron chi connectivity index (χ1n) is 8.65. The Kier molecular flexibility index (Phi) is 5.85. The minimum atomic E-state index is -4.65. The second-order valence-corrected chi connectivity index (χ2v) is 8.21. The molecule has 29 heavy (non-hydrogen) atoms. The monoisotopic (exact) mass is 431 g/mol. The highest BCUT2D eigenvalue weighted by atomic mass is 32.2. The summed E-state index contributed by atoms with van der Waals surface area (Å²) < 4.78 is 71.7. The van der Waals surface area contributed by atoms with Crippen LogP contribution in [0.3, 0.4) is 0 Å². The third-order valence-electron chi connectivity index (χ3n) is 4.19. The molecular weight excluding hydrogens is 411 g/mol. The van der Waals surface area contributed by atoms with Gasteiger partial charge in [-0.1, -0.05) is 6.07 Å². The minimum Gasteiger partial charge on any atom is -0.378 e. The van der Waals surface area contributed by atoms with Crippen LogP contribution in [-0.2, 0) is 20.9 Å². The van der Waals surface area contributed by atoms with Crippen molar-refractivity contribution in [1.82, 2.24) is 9.97 Å². The molecule has 0 atom stereocenters. The molecule has 3 rings (SSSR count). The van der Waals surface area contributed by atoms with Crippen molar-refractivity contribution in [3.63, 3.8) is 0 Å². The van der Waals surface area contributed by atoms with Crippen LogP contribution in [0.1, 0.15) is 5.56 Å². The predicted octanol–water partition coefficient (Wildman–Crippen LogP) is 2.20. The number of rotatable bonds is 5. The Bertz CT molecular complexity index is 977. The molecule has 0 aliphatic carbocycles. The third kappa shape index (κ3) is 4.88. The third-order valence-corrected chi connectivity index (χ3v) is 5.55. The fourth-order valence-corrected chi connectivity index (χ4v) is 3.83. The van der Waals surface area contributed by atoms with Gasteiger partial charge >= 0.3 is 6.18 Å². The number of ether oxygens (including phenoxy) is 1. The van der Waals surface area contributed by atoms with E-state index in [0.29, 0.717) is 38.3 Å². The van der Waals surface area contributed by atoms with Gasteiger partial charge in [-0.2, -0.15) is 18.2 Å². The van der Waals surface area contributed by atoms with Crippen LogP contribution in [0.15, 0.2) is 35.4 Å². The number of nitrogens with zero attached hydrogens (tertiary/aromatic N) is 4. The lowest BCUT2D eigenvalue weighted by Crippen LogP contribution is -2.37. The maximum atomic E-state index is 12.9. The molecule has 8 nitrogen and oxygen atoms in total. The van der Waals surface area contributed by atoms with Crippen molar-refractivity contribution in [2.24, 2.45) is 0 Å². The lowest BCUT2D eigenvalue weighted by atomic mass is 10.2. The first-order chi connectivity index (χ1) is 13.6. The molecule has 0 spiro atoms. The van der Waals surface area contributed by atoms with Gasteiger partial charge in [-0.3, -0.25) is 4.72 Å². The molecule has 1 fully saturated rings. The standard InChI is InChI=1S/C17H20F3N5O3S/c1-24(2)15-14(11-21-16(22-15)25-6-8-28-9-7-25)23-29(26,27)13-5-3-4-12(10-13)17(18,19)20/h3-5,10-11,23H,6-9H2,1-2H3. The zero-order valence-electron chi connectivity index (χ0n) is 15.8. The largest absolute Gasteiger partial charge is 0.416 e. The van der Waals surface area contributed by atoms with Crippen LogP contribution in [0.2, 0.25) is 0 Å². The Morgan fingerprint density at radius 1 is 1.21 bits per heavy atom. The van der Waals surface area contributed by atoms with Gasteiger partial charge < -0.3 is 14.5 Å². The van der Waals surface area contributed by atoms with Gasteiger partial charge in [0.2, 0.25) is 5.95 Å². The lowest BCUT2D eigenvalue weighted by molar-refractivity contribution is -0.137. The molecule has 0 saturated carbocycles. The molecular formula is C17H20F3N5O3S. The van der Waals surface area contributed by atoms with Crippen molar-refractivity contribution in [2.75, 3.05) is 54.9 Å². The molecule has 0 amide bonds. The Hall–Kier alpha value is -2.60. The second-order valence-electron chi connectivity index (χ2n) is 6.53. The van der Waals surface area contributed by atoms with Crippen molar-refractivity contribution in [3.05, 3.63) is 36.0 Å². The summed E-state index contributed by atoms with van der Waals surface area (Å²) in [5.41, 5.74) is -0.989. The number of sulfonamides is 1. The zero-order valence-corrected chi connectivity index (χ0v) is 16.6. The Morgan fingerprint density at radius 3 is 2.52 bits per heavy atom. The summed E-state index contributed by atoms with van der Waals surface area (Å²) in [7, 11) is -0.932. The lowest BCUT2D eigenvalue weighted by Gasteiger charge is -2.28. The van der Waals surface area contributed by atoms with E-state index in [1.165, 1.54) is 6.20 Å². The van der Waals surface area contributed by atoms with E-state index in [1.54, 1.807) is 19.0 Å². The molecule has 0 unspecified atom stereocenters. The van der Waals surface area contributed by atoms with Crippen LogP contribution < -0.4 is 14.5 Å².